The number of alkyl halides is 3. The van der Waals surface area contributed by atoms with E-state index in [4.69, 9.17) is 0 Å². The zero-order chi connectivity index (χ0) is 16.4. The summed E-state index contributed by atoms with van der Waals surface area (Å²) in [4.78, 5) is 13.1. The normalized spacial score (nSPS) is 16.3. The molecule has 122 valence electrons. The first kappa shape index (κ1) is 16.4. The number of sulfonamides is 1. The largest absolute Gasteiger partial charge is 0.516 e. The van der Waals surface area contributed by atoms with Gasteiger partial charge in [-0.25, -0.2) is 4.79 Å². The molecule has 0 unspecified atom stereocenters. The fourth-order valence-corrected chi connectivity index (χ4v) is 2.60. The van der Waals surface area contributed by atoms with Crippen molar-refractivity contribution in [1.82, 2.24) is 10.2 Å². The van der Waals surface area contributed by atoms with Crippen molar-refractivity contribution in [3.63, 3.8) is 0 Å². The lowest BCUT2D eigenvalue weighted by Crippen LogP contribution is -2.45. The second kappa shape index (κ2) is 6.03. The van der Waals surface area contributed by atoms with Gasteiger partial charge < -0.3 is 10.2 Å². The van der Waals surface area contributed by atoms with E-state index in [9.17, 15) is 26.4 Å². The van der Waals surface area contributed by atoms with E-state index in [1.807, 2.05) is 0 Å². The molecule has 0 radical (unpaired) electrons. The van der Waals surface area contributed by atoms with Gasteiger partial charge in [-0.2, -0.15) is 21.6 Å². The number of halogens is 3. The van der Waals surface area contributed by atoms with E-state index in [0.29, 0.717) is 19.5 Å². The summed E-state index contributed by atoms with van der Waals surface area (Å²) < 4.78 is 61.3. The number of hydrogen-bond donors (Lipinski definition) is 2. The molecule has 1 heterocycles. The van der Waals surface area contributed by atoms with Gasteiger partial charge in [-0.05, 0) is 18.1 Å². The zero-order valence-electron chi connectivity index (χ0n) is 11.4. The van der Waals surface area contributed by atoms with Gasteiger partial charge in [-0.15, -0.1) is 0 Å². The molecule has 10 heteroatoms. The molecule has 1 aliphatic rings. The first-order chi connectivity index (χ1) is 10.2. The smallest absolute Gasteiger partial charge is 0.338 e. The summed E-state index contributed by atoms with van der Waals surface area (Å²) in [5, 5.41) is 2.61. The topological polar surface area (TPSA) is 78.5 Å². The third-order valence-corrected chi connectivity index (χ3v) is 4.19. The Morgan fingerprint density at radius 2 is 1.95 bits per heavy atom. The molecule has 0 atom stereocenters. The van der Waals surface area contributed by atoms with Crippen LogP contribution in [0.5, 0.6) is 0 Å². The van der Waals surface area contributed by atoms with Crippen LogP contribution >= 0.6 is 0 Å². The number of anilines is 1. The third kappa shape index (κ3) is 3.62. The number of carbonyl (C=O) groups excluding carboxylic acids is 1. The molecule has 1 aromatic rings. The predicted molar refractivity (Wildman–Crippen MR) is 73.5 cm³/mol. The van der Waals surface area contributed by atoms with Crippen LogP contribution in [0.4, 0.5) is 23.7 Å². The Hall–Kier alpha value is -1.97. The van der Waals surface area contributed by atoms with Gasteiger partial charge in [0.25, 0.3) is 0 Å². The van der Waals surface area contributed by atoms with Gasteiger partial charge in [0, 0.05) is 19.6 Å². The SMILES string of the molecule is O=C1NCCCN1Cc1ccccc1NS(=O)(=O)C(F)(F)F. The highest BCUT2D eigenvalue weighted by Gasteiger charge is 2.46. The van der Waals surface area contributed by atoms with Gasteiger partial charge in [-0.1, -0.05) is 18.2 Å². The van der Waals surface area contributed by atoms with Crippen molar-refractivity contribution < 1.29 is 26.4 Å². The standard InChI is InChI=1S/C12H14F3N3O3S/c13-12(14,15)22(20,21)17-10-5-2-1-4-9(10)8-18-7-3-6-16-11(18)19/h1-2,4-5,17H,3,6-8H2,(H,16,19). The van der Waals surface area contributed by atoms with Crippen LogP contribution in [-0.2, 0) is 16.6 Å². The fraction of sp³-hybridized carbons (Fsp3) is 0.417. The summed E-state index contributed by atoms with van der Waals surface area (Å²) in [6.07, 6.45) is 0.711. The second-order valence-corrected chi connectivity index (χ2v) is 6.39. The van der Waals surface area contributed by atoms with Crippen LogP contribution in [-0.4, -0.2) is 37.9 Å². The maximum atomic E-state index is 12.4. The van der Waals surface area contributed by atoms with Gasteiger partial charge in [0.2, 0.25) is 0 Å². The molecule has 6 nitrogen and oxygen atoms in total. The molecule has 1 aromatic carbocycles. The van der Waals surface area contributed by atoms with Crippen LogP contribution in [0, 0.1) is 0 Å². The lowest BCUT2D eigenvalue weighted by molar-refractivity contribution is -0.0429. The Morgan fingerprint density at radius 3 is 2.59 bits per heavy atom. The molecule has 0 aliphatic carbocycles. The van der Waals surface area contributed by atoms with Crippen LogP contribution in [0.15, 0.2) is 24.3 Å². The van der Waals surface area contributed by atoms with Crippen molar-refractivity contribution in [3.8, 4) is 0 Å². The highest BCUT2D eigenvalue weighted by molar-refractivity contribution is 7.93. The average Bonchev–Trinajstić information content (AvgIpc) is 2.42. The summed E-state index contributed by atoms with van der Waals surface area (Å²) in [5.41, 5.74) is -5.31. The van der Waals surface area contributed by atoms with Crippen LogP contribution in [0.25, 0.3) is 0 Å². The maximum Gasteiger partial charge on any atom is 0.516 e. The molecule has 0 bridgehead atoms. The number of nitrogens with zero attached hydrogens (tertiary/aromatic N) is 1. The molecule has 2 amide bonds. The van der Waals surface area contributed by atoms with Gasteiger partial charge in [0.1, 0.15) is 0 Å². The highest BCUT2D eigenvalue weighted by Crippen LogP contribution is 2.27. The first-order valence-electron chi connectivity index (χ1n) is 6.40. The van der Waals surface area contributed by atoms with E-state index in [1.165, 1.54) is 27.8 Å². The molecule has 0 spiro atoms. The molecule has 1 saturated heterocycles. The van der Waals surface area contributed by atoms with Crippen molar-refractivity contribution in [1.29, 1.82) is 0 Å². The molecule has 22 heavy (non-hydrogen) atoms. The monoisotopic (exact) mass is 337 g/mol. The van der Waals surface area contributed by atoms with Crippen molar-refractivity contribution >= 4 is 21.7 Å². The number of hydrogen-bond acceptors (Lipinski definition) is 3. The Bertz CT molecular complexity index is 661. The van der Waals surface area contributed by atoms with Crippen LogP contribution in [0.1, 0.15) is 12.0 Å². The van der Waals surface area contributed by atoms with E-state index in [2.05, 4.69) is 5.32 Å². The number of carbonyl (C=O) groups is 1. The number of rotatable bonds is 4. The van der Waals surface area contributed by atoms with E-state index >= 15 is 0 Å². The lowest BCUT2D eigenvalue weighted by atomic mass is 10.1. The van der Waals surface area contributed by atoms with E-state index in [0.717, 1.165) is 0 Å². The summed E-state index contributed by atoms with van der Waals surface area (Å²) in [5.74, 6) is 0. The number of benzene rings is 1. The minimum absolute atomic E-state index is 0.0163. The summed E-state index contributed by atoms with van der Waals surface area (Å²) in [6, 6.07) is 5.33. The minimum Gasteiger partial charge on any atom is -0.338 e. The minimum atomic E-state index is -5.50. The van der Waals surface area contributed by atoms with Gasteiger partial charge >= 0.3 is 21.6 Å². The summed E-state index contributed by atoms with van der Waals surface area (Å²) >= 11 is 0. The van der Waals surface area contributed by atoms with Gasteiger partial charge in [0.05, 0.1) is 5.69 Å². The predicted octanol–water partition coefficient (Wildman–Crippen LogP) is 1.86. The van der Waals surface area contributed by atoms with Crippen LogP contribution < -0.4 is 10.0 Å². The Balaban J connectivity index is 2.22. The van der Waals surface area contributed by atoms with Crippen LogP contribution in [0.2, 0.25) is 0 Å². The van der Waals surface area contributed by atoms with Crippen LogP contribution in [0.3, 0.4) is 0 Å². The van der Waals surface area contributed by atoms with E-state index in [-0.39, 0.29) is 23.8 Å². The number of para-hydroxylation sites is 1. The van der Waals surface area contributed by atoms with E-state index < -0.39 is 15.5 Å². The van der Waals surface area contributed by atoms with E-state index in [1.54, 1.807) is 6.07 Å². The molecule has 1 aliphatic heterocycles. The average molecular weight is 337 g/mol. The first-order valence-corrected chi connectivity index (χ1v) is 7.89. The molecule has 2 N–H and O–H groups in total. The van der Waals surface area contributed by atoms with Gasteiger partial charge in [0.15, 0.2) is 0 Å². The fourth-order valence-electron chi connectivity index (χ4n) is 2.00. The summed E-state index contributed by atoms with van der Waals surface area (Å²) in [6.45, 7) is 1.01. The Morgan fingerprint density at radius 1 is 1.27 bits per heavy atom. The number of urea groups is 1. The second-order valence-electron chi connectivity index (χ2n) is 4.72. The number of nitrogens with one attached hydrogen (secondary N) is 2. The van der Waals surface area contributed by atoms with Crippen molar-refractivity contribution in [3.05, 3.63) is 29.8 Å². The zero-order valence-corrected chi connectivity index (χ0v) is 12.2. The molecule has 0 aromatic heterocycles. The van der Waals surface area contributed by atoms with Crippen molar-refractivity contribution in [2.45, 2.75) is 18.5 Å². The summed E-state index contributed by atoms with van der Waals surface area (Å²) in [7, 11) is -5.50. The Labute approximate surface area is 125 Å². The van der Waals surface area contributed by atoms with Gasteiger partial charge in [-0.3, -0.25) is 4.72 Å². The quantitative estimate of drug-likeness (QED) is 0.880. The third-order valence-electron chi connectivity index (χ3n) is 3.10. The lowest BCUT2D eigenvalue weighted by Gasteiger charge is -2.28. The molecular weight excluding hydrogens is 323 g/mol. The van der Waals surface area contributed by atoms with Crippen molar-refractivity contribution in [2.75, 3.05) is 17.8 Å². The molecule has 2 rings (SSSR count). The molecule has 1 fully saturated rings. The molecular formula is C12H14F3N3O3S. The highest BCUT2D eigenvalue weighted by atomic mass is 32.2. The molecule has 0 saturated carbocycles. The van der Waals surface area contributed by atoms with Crippen molar-refractivity contribution in [2.24, 2.45) is 0 Å². The maximum absolute atomic E-state index is 12.4. The number of amides is 2. The Kier molecular flexibility index (Phi) is 4.50.